The number of nitrogens with zero attached hydrogens (tertiary/aromatic N) is 2. The van der Waals surface area contributed by atoms with Crippen molar-refractivity contribution in [1.29, 1.82) is 0 Å². The largest absolute Gasteiger partial charge is 0.436 e. The highest BCUT2D eigenvalue weighted by Gasteiger charge is 2.12. The normalized spacial score (nSPS) is 11.5. The molecule has 4 heteroatoms. The molecule has 0 unspecified atom stereocenters. The molecular weight excluding hydrogens is 436 g/mol. The van der Waals surface area contributed by atoms with Gasteiger partial charge in [-0.25, -0.2) is 9.97 Å². The summed E-state index contributed by atoms with van der Waals surface area (Å²) in [6, 6.07) is 37.5. The van der Waals surface area contributed by atoms with Gasteiger partial charge in [-0.3, -0.25) is 0 Å². The third kappa shape index (κ3) is 3.19. The second-order valence-electron chi connectivity index (χ2n) is 8.30. The second-order valence-corrected chi connectivity index (χ2v) is 9.30. The van der Waals surface area contributed by atoms with E-state index < -0.39 is 0 Å². The number of rotatable bonds is 3. The van der Waals surface area contributed by atoms with Crippen LogP contribution in [-0.4, -0.2) is 9.97 Å². The summed E-state index contributed by atoms with van der Waals surface area (Å²) in [4.78, 5) is 9.65. The van der Waals surface area contributed by atoms with Crippen LogP contribution in [0, 0.1) is 0 Å². The van der Waals surface area contributed by atoms with Gasteiger partial charge >= 0.3 is 0 Å². The van der Waals surface area contributed by atoms with Gasteiger partial charge in [0.25, 0.3) is 0 Å². The van der Waals surface area contributed by atoms with Crippen LogP contribution < -0.4 is 0 Å². The standard InChI is InChI=1S/C30H18N2OS/c1-3-7-20(8-4-1)29-31-26-18-23(14-16-27(26)33-29)22-12-11-19-13-15-25-28(24(19)17-22)34-30(32-25)21-9-5-2-6-10-21/h1-18H. The Morgan fingerprint density at radius 3 is 2.09 bits per heavy atom. The Balaban J connectivity index is 1.35. The van der Waals surface area contributed by atoms with Crippen molar-refractivity contribution in [2.45, 2.75) is 0 Å². The fourth-order valence-electron chi connectivity index (χ4n) is 4.40. The van der Waals surface area contributed by atoms with Crippen LogP contribution >= 0.6 is 11.3 Å². The fourth-order valence-corrected chi connectivity index (χ4v) is 5.50. The second kappa shape index (κ2) is 7.65. The molecule has 0 amide bonds. The minimum atomic E-state index is 0.645. The maximum Gasteiger partial charge on any atom is 0.227 e. The molecule has 0 aliphatic heterocycles. The smallest absolute Gasteiger partial charge is 0.227 e. The number of oxazole rings is 1. The first kappa shape index (κ1) is 19.2. The topological polar surface area (TPSA) is 38.9 Å². The summed E-state index contributed by atoms with van der Waals surface area (Å²) < 4.78 is 7.21. The minimum absolute atomic E-state index is 0.645. The third-order valence-corrected chi connectivity index (χ3v) is 7.29. The Kier molecular flexibility index (Phi) is 4.32. The number of thiazole rings is 1. The molecule has 160 valence electrons. The van der Waals surface area contributed by atoms with Crippen LogP contribution in [0.15, 0.2) is 114 Å². The van der Waals surface area contributed by atoms with E-state index in [0.717, 1.165) is 43.9 Å². The van der Waals surface area contributed by atoms with Crippen molar-refractivity contribution in [2.75, 3.05) is 0 Å². The minimum Gasteiger partial charge on any atom is -0.436 e. The van der Waals surface area contributed by atoms with Crippen LogP contribution in [0.3, 0.4) is 0 Å². The predicted octanol–water partition coefficient (Wildman–Crippen LogP) is 8.59. The summed E-state index contributed by atoms with van der Waals surface area (Å²) in [5.74, 6) is 0.645. The van der Waals surface area contributed by atoms with E-state index in [2.05, 4.69) is 66.7 Å². The lowest BCUT2D eigenvalue weighted by molar-refractivity contribution is 0.620. The van der Waals surface area contributed by atoms with Crippen molar-refractivity contribution in [3.63, 3.8) is 0 Å². The Morgan fingerprint density at radius 2 is 1.26 bits per heavy atom. The van der Waals surface area contributed by atoms with E-state index in [0.29, 0.717) is 5.89 Å². The molecule has 7 rings (SSSR count). The van der Waals surface area contributed by atoms with Crippen LogP contribution in [-0.2, 0) is 0 Å². The van der Waals surface area contributed by atoms with Gasteiger partial charge in [0, 0.05) is 16.5 Å². The van der Waals surface area contributed by atoms with Crippen molar-refractivity contribution >= 4 is 43.4 Å². The van der Waals surface area contributed by atoms with Gasteiger partial charge in [0.1, 0.15) is 10.5 Å². The molecule has 0 saturated carbocycles. The van der Waals surface area contributed by atoms with Gasteiger partial charge in [-0.15, -0.1) is 11.3 Å². The summed E-state index contributed by atoms with van der Waals surface area (Å²) in [7, 11) is 0. The number of benzene rings is 5. The zero-order valence-electron chi connectivity index (χ0n) is 18.1. The highest BCUT2D eigenvalue weighted by Crippen LogP contribution is 2.37. The Morgan fingerprint density at radius 1 is 0.559 bits per heavy atom. The molecule has 0 fully saturated rings. The molecule has 0 N–H and O–H groups in total. The van der Waals surface area contributed by atoms with Crippen LogP contribution in [0.5, 0.6) is 0 Å². The van der Waals surface area contributed by atoms with Gasteiger partial charge in [0.15, 0.2) is 5.58 Å². The van der Waals surface area contributed by atoms with Crippen molar-refractivity contribution in [1.82, 2.24) is 9.97 Å². The first-order valence-corrected chi connectivity index (χ1v) is 12.0. The van der Waals surface area contributed by atoms with E-state index >= 15 is 0 Å². The van der Waals surface area contributed by atoms with Gasteiger partial charge in [0.05, 0.1) is 10.2 Å². The lowest BCUT2D eigenvalue weighted by Crippen LogP contribution is -1.81. The van der Waals surface area contributed by atoms with E-state index in [1.165, 1.54) is 15.5 Å². The molecule has 7 aromatic rings. The van der Waals surface area contributed by atoms with Crippen LogP contribution in [0.25, 0.3) is 65.2 Å². The van der Waals surface area contributed by atoms with Crippen molar-refractivity contribution < 1.29 is 4.42 Å². The highest BCUT2D eigenvalue weighted by atomic mass is 32.1. The molecule has 0 radical (unpaired) electrons. The Labute approximate surface area is 200 Å². The molecule has 34 heavy (non-hydrogen) atoms. The third-order valence-electron chi connectivity index (χ3n) is 6.13. The van der Waals surface area contributed by atoms with Crippen LogP contribution in [0.4, 0.5) is 0 Å². The van der Waals surface area contributed by atoms with E-state index in [1.807, 2.05) is 42.5 Å². The number of aromatic nitrogens is 2. The molecule has 2 heterocycles. The Hall–Kier alpha value is -4.28. The van der Waals surface area contributed by atoms with E-state index in [4.69, 9.17) is 14.4 Å². The maximum absolute atomic E-state index is 6.00. The van der Waals surface area contributed by atoms with Gasteiger partial charge in [-0.2, -0.15) is 0 Å². The first-order chi connectivity index (χ1) is 16.8. The van der Waals surface area contributed by atoms with E-state index in [-0.39, 0.29) is 0 Å². The molecule has 0 aliphatic rings. The number of hydrogen-bond donors (Lipinski definition) is 0. The molecule has 0 spiro atoms. The van der Waals surface area contributed by atoms with E-state index in [9.17, 15) is 0 Å². The Bertz CT molecular complexity index is 1800. The highest BCUT2D eigenvalue weighted by molar-refractivity contribution is 7.22. The summed E-state index contributed by atoms with van der Waals surface area (Å²) >= 11 is 1.75. The molecule has 3 nitrogen and oxygen atoms in total. The monoisotopic (exact) mass is 454 g/mol. The average molecular weight is 455 g/mol. The molecule has 0 bridgehead atoms. The average Bonchev–Trinajstić information content (AvgIpc) is 3.54. The van der Waals surface area contributed by atoms with Gasteiger partial charge < -0.3 is 4.42 Å². The molecule has 0 atom stereocenters. The van der Waals surface area contributed by atoms with Gasteiger partial charge in [-0.1, -0.05) is 72.8 Å². The number of fused-ring (bicyclic) bond motifs is 4. The summed E-state index contributed by atoms with van der Waals surface area (Å²) in [6.07, 6.45) is 0. The van der Waals surface area contributed by atoms with Gasteiger partial charge in [-0.05, 0) is 52.9 Å². The van der Waals surface area contributed by atoms with Gasteiger partial charge in [0.2, 0.25) is 5.89 Å². The van der Waals surface area contributed by atoms with Crippen molar-refractivity contribution in [3.8, 4) is 33.2 Å². The molecule has 0 aliphatic carbocycles. The van der Waals surface area contributed by atoms with E-state index in [1.54, 1.807) is 11.3 Å². The summed E-state index contributed by atoms with van der Waals surface area (Å²) in [6.45, 7) is 0. The quantitative estimate of drug-likeness (QED) is 0.268. The fraction of sp³-hybridized carbons (Fsp3) is 0. The molecule has 2 aromatic heterocycles. The summed E-state index contributed by atoms with van der Waals surface area (Å²) in [5, 5.41) is 3.49. The lowest BCUT2D eigenvalue weighted by atomic mass is 10.0. The van der Waals surface area contributed by atoms with Crippen molar-refractivity contribution in [3.05, 3.63) is 109 Å². The zero-order valence-corrected chi connectivity index (χ0v) is 18.9. The predicted molar refractivity (Wildman–Crippen MR) is 141 cm³/mol. The summed E-state index contributed by atoms with van der Waals surface area (Å²) in [5.41, 5.74) is 7.09. The van der Waals surface area contributed by atoms with Crippen molar-refractivity contribution in [2.24, 2.45) is 0 Å². The lowest BCUT2D eigenvalue weighted by Gasteiger charge is -2.05. The zero-order chi connectivity index (χ0) is 22.5. The molecule has 5 aromatic carbocycles. The van der Waals surface area contributed by atoms with Crippen LogP contribution in [0.1, 0.15) is 0 Å². The molecular formula is C30H18N2OS. The number of hydrogen-bond acceptors (Lipinski definition) is 4. The van der Waals surface area contributed by atoms with Crippen LogP contribution in [0.2, 0.25) is 0 Å². The SMILES string of the molecule is c1ccc(-c2nc3cc(-c4ccc5ccc6nc(-c7ccccc7)sc6c5c4)ccc3o2)cc1. The first-order valence-electron chi connectivity index (χ1n) is 11.2. The molecule has 0 saturated heterocycles. The maximum atomic E-state index is 6.00.